The summed E-state index contributed by atoms with van der Waals surface area (Å²) in [4.78, 5) is 0. The zero-order valence-corrected chi connectivity index (χ0v) is 9.01. The summed E-state index contributed by atoms with van der Waals surface area (Å²) in [5.41, 5.74) is 3.27. The first kappa shape index (κ1) is 10.3. The van der Waals surface area contributed by atoms with Crippen molar-refractivity contribution in [3.05, 3.63) is 35.5 Å². The van der Waals surface area contributed by atoms with E-state index in [1.807, 2.05) is 13.8 Å². The van der Waals surface area contributed by atoms with Gasteiger partial charge in [-0.2, -0.15) is 0 Å². The molecule has 72 valence electrons. The smallest absolute Gasteiger partial charge is 0.0130 e. The molecule has 0 aromatic heterocycles. The number of rotatable bonds is 0. The lowest BCUT2D eigenvalue weighted by atomic mass is 10.1. The molecule has 0 spiro atoms. The molecule has 0 amide bonds. The van der Waals surface area contributed by atoms with Gasteiger partial charge in [-0.05, 0) is 30.8 Å². The SMILES string of the molecule is CC.CC1CC2=C(CC=CC=C2)C1. The maximum absolute atomic E-state index is 2.34. The minimum atomic E-state index is 0.885. The van der Waals surface area contributed by atoms with Gasteiger partial charge in [-0.25, -0.2) is 0 Å². The summed E-state index contributed by atoms with van der Waals surface area (Å²) in [6.07, 6.45) is 12.7. The Morgan fingerprint density at radius 3 is 2.69 bits per heavy atom. The Hall–Kier alpha value is -0.780. The average Bonchev–Trinajstić information content (AvgIpc) is 2.36. The molecule has 0 heteroatoms. The van der Waals surface area contributed by atoms with Crippen LogP contribution in [0.2, 0.25) is 0 Å². The van der Waals surface area contributed by atoms with Gasteiger partial charge < -0.3 is 0 Å². The van der Waals surface area contributed by atoms with Crippen LogP contribution >= 0.6 is 0 Å². The average molecular weight is 176 g/mol. The Kier molecular flexibility index (Phi) is 4.01. The third kappa shape index (κ3) is 2.58. The Morgan fingerprint density at radius 1 is 1.15 bits per heavy atom. The summed E-state index contributed by atoms with van der Waals surface area (Å²) >= 11 is 0. The molecule has 0 N–H and O–H groups in total. The van der Waals surface area contributed by atoms with E-state index < -0.39 is 0 Å². The zero-order chi connectivity index (χ0) is 9.68. The largest absolute Gasteiger partial charge is 0.0805 e. The monoisotopic (exact) mass is 176 g/mol. The number of hydrogen-bond donors (Lipinski definition) is 0. The minimum absolute atomic E-state index is 0.885. The molecule has 0 radical (unpaired) electrons. The normalized spacial score (nSPS) is 25.0. The van der Waals surface area contributed by atoms with Crippen molar-refractivity contribution in [2.45, 2.75) is 40.0 Å². The van der Waals surface area contributed by atoms with E-state index in [1.54, 1.807) is 11.1 Å². The van der Waals surface area contributed by atoms with Crippen LogP contribution in [0.1, 0.15) is 40.0 Å². The summed E-state index contributed by atoms with van der Waals surface area (Å²) in [5, 5.41) is 0. The first-order valence-electron chi connectivity index (χ1n) is 5.40. The van der Waals surface area contributed by atoms with Gasteiger partial charge >= 0.3 is 0 Å². The number of allylic oxidation sites excluding steroid dienone is 6. The van der Waals surface area contributed by atoms with Gasteiger partial charge in [0.15, 0.2) is 0 Å². The van der Waals surface area contributed by atoms with Crippen molar-refractivity contribution < 1.29 is 0 Å². The molecule has 0 fully saturated rings. The highest BCUT2D eigenvalue weighted by atomic mass is 14.2. The molecule has 2 aliphatic rings. The van der Waals surface area contributed by atoms with Crippen LogP contribution in [-0.2, 0) is 0 Å². The van der Waals surface area contributed by atoms with Gasteiger partial charge in [0.2, 0.25) is 0 Å². The van der Waals surface area contributed by atoms with E-state index in [4.69, 9.17) is 0 Å². The van der Waals surface area contributed by atoms with Crippen LogP contribution in [0.3, 0.4) is 0 Å². The van der Waals surface area contributed by atoms with Crippen molar-refractivity contribution in [1.29, 1.82) is 0 Å². The molecule has 13 heavy (non-hydrogen) atoms. The van der Waals surface area contributed by atoms with Crippen LogP contribution in [-0.4, -0.2) is 0 Å². The second kappa shape index (κ2) is 5.06. The molecular formula is C13H20. The fourth-order valence-corrected chi connectivity index (χ4v) is 2.00. The molecule has 0 aliphatic heterocycles. The summed E-state index contributed by atoms with van der Waals surface area (Å²) in [7, 11) is 0. The first-order chi connectivity index (χ1) is 6.36. The molecule has 0 nitrogen and oxygen atoms in total. The molecule has 0 saturated carbocycles. The Bertz CT molecular complexity index is 241. The van der Waals surface area contributed by atoms with Gasteiger partial charge in [-0.3, -0.25) is 0 Å². The van der Waals surface area contributed by atoms with Crippen LogP contribution in [0.5, 0.6) is 0 Å². The van der Waals surface area contributed by atoms with E-state index in [0.717, 1.165) is 5.92 Å². The second-order valence-electron chi connectivity index (χ2n) is 3.63. The fraction of sp³-hybridized carbons (Fsp3) is 0.538. The van der Waals surface area contributed by atoms with Crippen LogP contribution in [0, 0.1) is 5.92 Å². The number of hydrogen-bond acceptors (Lipinski definition) is 0. The molecule has 0 heterocycles. The summed E-state index contributed by atoms with van der Waals surface area (Å²) in [5.74, 6) is 0.885. The molecule has 1 atom stereocenters. The summed E-state index contributed by atoms with van der Waals surface area (Å²) in [6, 6.07) is 0. The molecule has 2 aliphatic carbocycles. The highest BCUT2D eigenvalue weighted by molar-refractivity contribution is 5.36. The van der Waals surface area contributed by atoms with Gasteiger partial charge in [0.1, 0.15) is 0 Å². The predicted molar refractivity (Wildman–Crippen MR) is 59.7 cm³/mol. The Labute approximate surface area is 82.0 Å². The van der Waals surface area contributed by atoms with Crippen molar-refractivity contribution in [2.24, 2.45) is 5.92 Å². The Morgan fingerprint density at radius 2 is 1.92 bits per heavy atom. The summed E-state index contributed by atoms with van der Waals surface area (Å²) < 4.78 is 0. The van der Waals surface area contributed by atoms with Crippen molar-refractivity contribution in [3.63, 3.8) is 0 Å². The molecule has 0 saturated heterocycles. The highest BCUT2D eigenvalue weighted by Gasteiger charge is 2.18. The van der Waals surface area contributed by atoms with Gasteiger partial charge in [-0.1, -0.05) is 50.6 Å². The van der Waals surface area contributed by atoms with Crippen LogP contribution in [0.15, 0.2) is 35.5 Å². The quantitative estimate of drug-likeness (QED) is 0.517. The van der Waals surface area contributed by atoms with Crippen molar-refractivity contribution >= 4 is 0 Å². The van der Waals surface area contributed by atoms with E-state index in [-0.39, 0.29) is 0 Å². The molecule has 2 rings (SSSR count). The summed E-state index contributed by atoms with van der Waals surface area (Å²) in [6.45, 7) is 6.34. The topological polar surface area (TPSA) is 0 Å². The van der Waals surface area contributed by atoms with Crippen molar-refractivity contribution in [1.82, 2.24) is 0 Å². The van der Waals surface area contributed by atoms with Crippen LogP contribution in [0.25, 0.3) is 0 Å². The molecule has 0 bridgehead atoms. The minimum Gasteiger partial charge on any atom is -0.0805 e. The molecule has 0 aromatic carbocycles. The maximum atomic E-state index is 2.34. The highest BCUT2D eigenvalue weighted by Crippen LogP contribution is 2.34. The van der Waals surface area contributed by atoms with Crippen LogP contribution < -0.4 is 0 Å². The van der Waals surface area contributed by atoms with Crippen molar-refractivity contribution in [3.8, 4) is 0 Å². The molecule has 1 unspecified atom stereocenters. The van der Waals surface area contributed by atoms with Gasteiger partial charge in [-0.15, -0.1) is 0 Å². The van der Waals surface area contributed by atoms with Crippen molar-refractivity contribution in [2.75, 3.05) is 0 Å². The zero-order valence-electron chi connectivity index (χ0n) is 9.01. The Balaban J connectivity index is 0.000000396. The van der Waals surface area contributed by atoms with Gasteiger partial charge in [0.05, 0.1) is 0 Å². The van der Waals surface area contributed by atoms with E-state index in [0.29, 0.717) is 0 Å². The lowest BCUT2D eigenvalue weighted by molar-refractivity contribution is 0.620. The van der Waals surface area contributed by atoms with Gasteiger partial charge in [0, 0.05) is 0 Å². The molecule has 0 aromatic rings. The lowest BCUT2D eigenvalue weighted by Crippen LogP contribution is -1.85. The standard InChI is InChI=1S/C11H14.C2H6/c1-9-7-10-5-3-2-4-6-11(10)8-9;1-2/h2-5,9H,6-8H2,1H3;1-2H3. The fourth-order valence-electron chi connectivity index (χ4n) is 2.00. The third-order valence-electron chi connectivity index (χ3n) is 2.53. The van der Waals surface area contributed by atoms with E-state index in [9.17, 15) is 0 Å². The lowest BCUT2D eigenvalue weighted by Gasteiger charge is -1.98. The maximum Gasteiger partial charge on any atom is -0.0130 e. The van der Waals surface area contributed by atoms with Gasteiger partial charge in [0.25, 0.3) is 0 Å². The third-order valence-corrected chi connectivity index (χ3v) is 2.53. The first-order valence-corrected chi connectivity index (χ1v) is 5.40. The predicted octanol–water partition coefficient (Wildman–Crippen LogP) is 4.26. The van der Waals surface area contributed by atoms with E-state index >= 15 is 0 Å². The second-order valence-corrected chi connectivity index (χ2v) is 3.63. The van der Waals surface area contributed by atoms with E-state index in [2.05, 4.69) is 31.2 Å². The van der Waals surface area contributed by atoms with E-state index in [1.165, 1.54) is 19.3 Å². The molecular weight excluding hydrogens is 156 g/mol. The van der Waals surface area contributed by atoms with Crippen LogP contribution in [0.4, 0.5) is 0 Å².